The van der Waals surface area contributed by atoms with Crippen molar-refractivity contribution >= 4 is 17.1 Å². The number of rotatable bonds is 3. The van der Waals surface area contributed by atoms with Gasteiger partial charge in [0.05, 0.1) is 30.0 Å². The topological polar surface area (TPSA) is 97.6 Å². The number of imidazole rings is 1. The van der Waals surface area contributed by atoms with Crippen molar-refractivity contribution in [2.75, 3.05) is 6.61 Å². The number of fused-ring (bicyclic) bond motifs is 3. The minimum atomic E-state index is -0.859. The molecule has 2 aliphatic rings. The quantitative estimate of drug-likeness (QED) is 0.763. The van der Waals surface area contributed by atoms with Gasteiger partial charge in [0.1, 0.15) is 18.2 Å². The highest BCUT2D eigenvalue weighted by molar-refractivity contribution is 5.75. The molecule has 2 bridgehead atoms. The zero-order chi connectivity index (χ0) is 17.6. The molecule has 1 aromatic carbocycles. The van der Waals surface area contributed by atoms with E-state index in [9.17, 15) is 9.90 Å². The Bertz CT molecular complexity index is 777. The van der Waals surface area contributed by atoms with Crippen LogP contribution in [0.3, 0.4) is 0 Å². The van der Waals surface area contributed by atoms with Crippen molar-refractivity contribution < 1.29 is 19.4 Å². The number of benzene rings is 1. The summed E-state index contributed by atoms with van der Waals surface area (Å²) in [5, 5.41) is 16.6. The van der Waals surface area contributed by atoms with E-state index in [4.69, 9.17) is 9.47 Å². The molecule has 8 nitrogen and oxygen atoms in total. The van der Waals surface area contributed by atoms with Gasteiger partial charge < -0.3 is 29.8 Å². The van der Waals surface area contributed by atoms with Crippen LogP contribution in [0.15, 0.2) is 30.6 Å². The van der Waals surface area contributed by atoms with Crippen LogP contribution in [0.5, 0.6) is 0 Å². The molecule has 4 rings (SSSR count). The van der Waals surface area contributed by atoms with E-state index in [2.05, 4.69) is 15.6 Å². The number of nitrogens with one attached hydrogen (secondary N) is 2. The molecule has 0 aliphatic carbocycles. The number of aromatic nitrogens is 2. The second-order valence-electron chi connectivity index (χ2n) is 6.80. The molecule has 3 N–H and O–H groups in total. The summed E-state index contributed by atoms with van der Waals surface area (Å²) < 4.78 is 13.5. The summed E-state index contributed by atoms with van der Waals surface area (Å²) in [5.74, 6) is 0. The summed E-state index contributed by atoms with van der Waals surface area (Å²) >= 11 is 0. The van der Waals surface area contributed by atoms with Crippen LogP contribution in [0.1, 0.15) is 19.9 Å². The molecule has 134 valence electrons. The van der Waals surface area contributed by atoms with E-state index in [1.54, 1.807) is 6.33 Å². The molecule has 0 unspecified atom stereocenters. The number of carbonyl (C=O) groups is 1. The summed E-state index contributed by atoms with van der Waals surface area (Å²) in [7, 11) is 0. The molecule has 2 fully saturated rings. The molecule has 0 radical (unpaired) electrons. The van der Waals surface area contributed by atoms with Gasteiger partial charge in [0, 0.05) is 6.04 Å². The van der Waals surface area contributed by atoms with Gasteiger partial charge >= 0.3 is 6.03 Å². The maximum atomic E-state index is 12.1. The van der Waals surface area contributed by atoms with E-state index in [-0.39, 0.29) is 18.2 Å². The molecule has 3 heterocycles. The Kier molecular flexibility index (Phi) is 4.10. The summed E-state index contributed by atoms with van der Waals surface area (Å²) in [4.78, 5) is 16.5. The highest BCUT2D eigenvalue weighted by Gasteiger charge is 2.51. The number of hydrogen-bond donors (Lipinski definition) is 3. The lowest BCUT2D eigenvalue weighted by Crippen LogP contribution is -2.60. The largest absolute Gasteiger partial charge is 0.388 e. The molecule has 2 aromatic rings. The summed E-state index contributed by atoms with van der Waals surface area (Å²) in [5.41, 5.74) is 1.71. The van der Waals surface area contributed by atoms with E-state index in [1.807, 2.05) is 42.7 Å². The molecule has 0 saturated carbocycles. The van der Waals surface area contributed by atoms with E-state index < -0.39 is 24.5 Å². The average molecular weight is 346 g/mol. The average Bonchev–Trinajstić information content (AvgIpc) is 3.18. The highest BCUT2D eigenvalue weighted by Crippen LogP contribution is 2.37. The molecule has 2 amide bonds. The molecule has 2 aliphatic heterocycles. The summed E-state index contributed by atoms with van der Waals surface area (Å²) in [6.07, 6.45) is -0.121. The number of para-hydroxylation sites is 2. The van der Waals surface area contributed by atoms with Crippen LogP contribution in [0.2, 0.25) is 0 Å². The molecular weight excluding hydrogens is 324 g/mol. The second kappa shape index (κ2) is 6.29. The Morgan fingerprint density at radius 1 is 1.40 bits per heavy atom. The number of aliphatic hydroxyl groups excluding tert-OH is 1. The summed E-state index contributed by atoms with van der Waals surface area (Å²) in [6.45, 7) is 4.09. The number of urea groups is 1. The van der Waals surface area contributed by atoms with Crippen molar-refractivity contribution in [3.05, 3.63) is 30.6 Å². The predicted octanol–water partition coefficient (Wildman–Crippen LogP) is 0.770. The molecular formula is C17H22N4O4. The molecule has 0 spiro atoms. The Hall–Kier alpha value is -2.16. The maximum absolute atomic E-state index is 12.1. The fraction of sp³-hybridized carbons (Fsp3) is 0.529. The lowest BCUT2D eigenvalue weighted by Gasteiger charge is -2.39. The molecule has 25 heavy (non-hydrogen) atoms. The first-order valence-electron chi connectivity index (χ1n) is 8.48. The predicted molar refractivity (Wildman–Crippen MR) is 90.0 cm³/mol. The number of nitrogens with zero attached hydrogens (tertiary/aromatic N) is 2. The van der Waals surface area contributed by atoms with Crippen LogP contribution < -0.4 is 10.6 Å². The fourth-order valence-corrected chi connectivity index (χ4v) is 3.55. The number of aliphatic hydroxyl groups is 1. The third-order valence-corrected chi connectivity index (χ3v) is 4.65. The fourth-order valence-electron chi connectivity index (χ4n) is 3.55. The monoisotopic (exact) mass is 346 g/mol. The van der Waals surface area contributed by atoms with Crippen molar-refractivity contribution in [3.8, 4) is 0 Å². The van der Waals surface area contributed by atoms with Gasteiger partial charge in [-0.2, -0.15) is 0 Å². The van der Waals surface area contributed by atoms with Crippen LogP contribution in [-0.2, 0) is 9.47 Å². The maximum Gasteiger partial charge on any atom is 0.315 e. The van der Waals surface area contributed by atoms with Gasteiger partial charge in [-0.1, -0.05) is 12.1 Å². The Morgan fingerprint density at radius 2 is 2.20 bits per heavy atom. The lowest BCUT2D eigenvalue weighted by atomic mass is 9.96. The number of hydrogen-bond acceptors (Lipinski definition) is 5. The number of ether oxygens (including phenoxy) is 2. The minimum absolute atomic E-state index is 0.00242. The van der Waals surface area contributed by atoms with Gasteiger partial charge in [0.25, 0.3) is 0 Å². The molecule has 8 heteroatoms. The van der Waals surface area contributed by atoms with Crippen molar-refractivity contribution in [1.29, 1.82) is 0 Å². The van der Waals surface area contributed by atoms with Crippen LogP contribution in [0, 0.1) is 0 Å². The first kappa shape index (κ1) is 16.3. The van der Waals surface area contributed by atoms with Crippen LogP contribution in [0.25, 0.3) is 11.0 Å². The van der Waals surface area contributed by atoms with Gasteiger partial charge in [-0.05, 0) is 26.0 Å². The standard InChI is InChI=1S/C17H22N4O4/c1-9(2)19-17(23)20-13-12-7-24-16(25-12)14(15(13)22)21-8-18-10-5-3-4-6-11(10)21/h3-6,8-9,12-16,22H,7H2,1-2H3,(H2,19,20,23)/t12-,13-,14-,15+,16-/m1/s1. The third kappa shape index (κ3) is 2.86. The van der Waals surface area contributed by atoms with Crippen LogP contribution >= 0.6 is 0 Å². The first-order valence-corrected chi connectivity index (χ1v) is 8.48. The minimum Gasteiger partial charge on any atom is -0.388 e. The van der Waals surface area contributed by atoms with Gasteiger partial charge in [-0.25, -0.2) is 9.78 Å². The third-order valence-electron chi connectivity index (χ3n) is 4.65. The van der Waals surface area contributed by atoms with Gasteiger partial charge in [-0.3, -0.25) is 0 Å². The van der Waals surface area contributed by atoms with Crippen LogP contribution in [-0.4, -0.2) is 57.9 Å². The SMILES string of the molecule is CC(C)NC(=O)N[C@H]1[C@H](O)[C@@H](n2cnc3ccccc32)[C@@H]2OC[C@H]1O2. The highest BCUT2D eigenvalue weighted by atomic mass is 16.7. The van der Waals surface area contributed by atoms with Crippen LogP contribution in [0.4, 0.5) is 4.79 Å². The van der Waals surface area contributed by atoms with E-state index in [0.29, 0.717) is 6.61 Å². The van der Waals surface area contributed by atoms with Gasteiger partial charge in [0.15, 0.2) is 6.29 Å². The van der Waals surface area contributed by atoms with Crippen molar-refractivity contribution in [1.82, 2.24) is 20.2 Å². The van der Waals surface area contributed by atoms with Crippen molar-refractivity contribution in [3.63, 3.8) is 0 Å². The second-order valence-corrected chi connectivity index (χ2v) is 6.80. The Balaban J connectivity index is 1.63. The zero-order valence-electron chi connectivity index (χ0n) is 14.1. The number of carbonyl (C=O) groups excluding carboxylic acids is 1. The number of amides is 2. The molecule has 5 atom stereocenters. The van der Waals surface area contributed by atoms with Crippen molar-refractivity contribution in [2.45, 2.75) is 50.5 Å². The Morgan fingerprint density at radius 3 is 3.00 bits per heavy atom. The smallest absolute Gasteiger partial charge is 0.315 e. The van der Waals surface area contributed by atoms with E-state index >= 15 is 0 Å². The summed E-state index contributed by atoms with van der Waals surface area (Å²) in [6, 6.07) is 6.29. The lowest BCUT2D eigenvalue weighted by molar-refractivity contribution is -0.162. The van der Waals surface area contributed by atoms with Crippen molar-refractivity contribution in [2.24, 2.45) is 0 Å². The van der Waals surface area contributed by atoms with E-state index in [0.717, 1.165) is 11.0 Å². The molecule has 1 aromatic heterocycles. The zero-order valence-corrected chi connectivity index (χ0v) is 14.1. The van der Waals surface area contributed by atoms with E-state index in [1.165, 1.54) is 0 Å². The normalized spacial score (nSPS) is 31.4. The van der Waals surface area contributed by atoms with Gasteiger partial charge in [-0.15, -0.1) is 0 Å². The first-order chi connectivity index (χ1) is 12.0. The van der Waals surface area contributed by atoms with Gasteiger partial charge in [0.2, 0.25) is 0 Å². The molecule has 2 saturated heterocycles. The Labute approximate surface area is 145 Å².